The summed E-state index contributed by atoms with van der Waals surface area (Å²) in [5.74, 6) is 0. The van der Waals surface area contributed by atoms with Gasteiger partial charge in [0.15, 0.2) is 0 Å². The second-order valence-electron chi connectivity index (χ2n) is 17.1. The molecule has 5 heteroatoms. The van der Waals surface area contributed by atoms with Gasteiger partial charge in [-0.15, -0.1) is 11.3 Å². The van der Waals surface area contributed by atoms with Gasteiger partial charge in [-0.1, -0.05) is 146 Å². The van der Waals surface area contributed by atoms with Crippen molar-refractivity contribution in [3.63, 3.8) is 0 Å². The predicted molar refractivity (Wildman–Crippen MR) is 276 cm³/mol. The largest absolute Gasteiger partial charge is 0.456 e. The molecule has 0 aliphatic heterocycles. The van der Waals surface area contributed by atoms with Crippen molar-refractivity contribution < 1.29 is 8.83 Å². The molecule has 0 radical (unpaired) electrons. The van der Waals surface area contributed by atoms with E-state index in [0.717, 1.165) is 109 Å². The Morgan fingerprint density at radius 1 is 0.333 bits per heavy atom. The van der Waals surface area contributed by atoms with Crippen LogP contribution in [0.25, 0.3) is 137 Å². The van der Waals surface area contributed by atoms with E-state index in [1.165, 1.54) is 27.4 Å². The lowest BCUT2D eigenvalue weighted by atomic mass is 9.95. The molecule has 308 valence electrons. The van der Waals surface area contributed by atoms with Gasteiger partial charge in [0, 0.05) is 54.7 Å². The van der Waals surface area contributed by atoms with E-state index in [0.29, 0.717) is 0 Å². The van der Waals surface area contributed by atoms with Crippen molar-refractivity contribution in [3.8, 4) is 60.8 Å². The Morgan fingerprint density at radius 2 is 0.803 bits per heavy atom. The van der Waals surface area contributed by atoms with E-state index in [4.69, 9.17) is 13.8 Å². The van der Waals surface area contributed by atoms with Gasteiger partial charge in [0.05, 0.1) is 21.3 Å². The third-order valence-corrected chi connectivity index (χ3v) is 14.4. The number of para-hydroxylation sites is 4. The zero-order valence-corrected chi connectivity index (χ0v) is 36.2. The van der Waals surface area contributed by atoms with E-state index in [1.807, 2.05) is 24.3 Å². The molecule has 0 saturated carbocycles. The van der Waals surface area contributed by atoms with Crippen LogP contribution < -0.4 is 0 Å². The Labute approximate surface area is 382 Å². The fourth-order valence-corrected chi connectivity index (χ4v) is 11.2. The molecule has 10 aromatic carbocycles. The van der Waals surface area contributed by atoms with E-state index in [-0.39, 0.29) is 0 Å². The van der Waals surface area contributed by atoms with Crippen LogP contribution in [0.2, 0.25) is 0 Å². The zero-order valence-electron chi connectivity index (χ0n) is 35.4. The average molecular weight is 861 g/mol. The SMILES string of the molecule is c1ccc(-n2c3ccccc3c3cc(-c4nc5c(-c6ccc(-c7ccc8oc9ccccc9c8c7)cc6)ccc(-c6ccc(-c7ccc8oc9ccccc9c8c7)cc6)c5s4)ccc32)cc1. The van der Waals surface area contributed by atoms with E-state index >= 15 is 0 Å². The molecule has 0 saturated heterocycles. The van der Waals surface area contributed by atoms with Crippen LogP contribution in [0.3, 0.4) is 0 Å². The van der Waals surface area contributed by atoms with Crippen LogP contribution in [0.1, 0.15) is 0 Å². The first kappa shape index (κ1) is 36.9. The average Bonchev–Trinajstić information content (AvgIpc) is 4.17. The molecule has 14 aromatic rings. The minimum Gasteiger partial charge on any atom is -0.456 e. The Balaban J connectivity index is 0.892. The lowest BCUT2D eigenvalue weighted by Gasteiger charge is -2.10. The first-order valence-corrected chi connectivity index (χ1v) is 23.1. The molecule has 14 rings (SSSR count). The highest BCUT2D eigenvalue weighted by Gasteiger charge is 2.19. The third-order valence-electron chi connectivity index (χ3n) is 13.3. The topological polar surface area (TPSA) is 44.1 Å². The predicted octanol–water partition coefficient (Wildman–Crippen LogP) is 17.5. The van der Waals surface area contributed by atoms with Crippen LogP contribution in [-0.2, 0) is 0 Å². The molecular weight excluding hydrogens is 825 g/mol. The van der Waals surface area contributed by atoms with Crippen LogP contribution in [0.15, 0.2) is 227 Å². The molecule has 0 unspecified atom stereocenters. The highest BCUT2D eigenvalue weighted by atomic mass is 32.1. The van der Waals surface area contributed by atoms with Crippen molar-refractivity contribution in [2.45, 2.75) is 0 Å². The van der Waals surface area contributed by atoms with Crippen LogP contribution in [0, 0.1) is 0 Å². The number of aromatic nitrogens is 2. The van der Waals surface area contributed by atoms with Crippen molar-refractivity contribution in [3.05, 3.63) is 218 Å². The Bertz CT molecular complexity index is 4010. The van der Waals surface area contributed by atoms with Gasteiger partial charge in [0.1, 0.15) is 27.3 Å². The number of rotatable bonds is 6. The molecule has 4 nitrogen and oxygen atoms in total. The van der Waals surface area contributed by atoms with Crippen molar-refractivity contribution in [2.24, 2.45) is 0 Å². The lowest BCUT2D eigenvalue weighted by Crippen LogP contribution is -1.92. The summed E-state index contributed by atoms with van der Waals surface area (Å²) < 4.78 is 15.8. The highest BCUT2D eigenvalue weighted by Crippen LogP contribution is 2.44. The van der Waals surface area contributed by atoms with Gasteiger partial charge in [-0.05, 0) is 106 Å². The molecule has 0 aliphatic rings. The molecule has 0 atom stereocenters. The molecular formula is C61H36N2O2S. The van der Waals surface area contributed by atoms with Gasteiger partial charge >= 0.3 is 0 Å². The first-order valence-electron chi connectivity index (χ1n) is 22.3. The Morgan fingerprint density at radius 3 is 1.45 bits per heavy atom. The number of furan rings is 2. The summed E-state index contributed by atoms with van der Waals surface area (Å²) in [6.45, 7) is 0. The fourth-order valence-electron chi connectivity index (χ4n) is 10.0. The van der Waals surface area contributed by atoms with Gasteiger partial charge in [0.25, 0.3) is 0 Å². The molecule has 4 aromatic heterocycles. The normalized spacial score (nSPS) is 11.9. The quantitative estimate of drug-likeness (QED) is 0.167. The van der Waals surface area contributed by atoms with Gasteiger partial charge in [-0.3, -0.25) is 0 Å². The fraction of sp³-hybridized carbons (Fsp3) is 0. The van der Waals surface area contributed by atoms with Crippen molar-refractivity contribution in [2.75, 3.05) is 0 Å². The van der Waals surface area contributed by atoms with E-state index in [2.05, 4.69) is 199 Å². The maximum Gasteiger partial charge on any atom is 0.135 e. The summed E-state index contributed by atoms with van der Waals surface area (Å²) in [6.07, 6.45) is 0. The summed E-state index contributed by atoms with van der Waals surface area (Å²) >= 11 is 1.77. The number of nitrogens with zero attached hydrogens (tertiary/aromatic N) is 2. The van der Waals surface area contributed by atoms with Gasteiger partial charge in [0.2, 0.25) is 0 Å². The third kappa shape index (κ3) is 5.80. The minimum atomic E-state index is 0.901. The zero-order chi connectivity index (χ0) is 43.3. The second kappa shape index (κ2) is 14.5. The Kier molecular flexibility index (Phi) is 8.12. The van der Waals surface area contributed by atoms with Crippen LogP contribution in [0.4, 0.5) is 0 Å². The van der Waals surface area contributed by atoms with Crippen LogP contribution in [0.5, 0.6) is 0 Å². The summed E-state index contributed by atoms with van der Waals surface area (Å²) in [6, 6.07) is 78.0. The minimum absolute atomic E-state index is 0.901. The lowest BCUT2D eigenvalue weighted by molar-refractivity contribution is 0.668. The summed E-state index contributed by atoms with van der Waals surface area (Å²) in [5.41, 5.74) is 18.4. The summed E-state index contributed by atoms with van der Waals surface area (Å²) in [4.78, 5) is 5.54. The number of hydrogen-bond donors (Lipinski definition) is 0. The summed E-state index contributed by atoms with van der Waals surface area (Å²) in [5, 5.41) is 7.95. The highest BCUT2D eigenvalue weighted by molar-refractivity contribution is 7.22. The second-order valence-corrected chi connectivity index (χ2v) is 18.0. The van der Waals surface area contributed by atoms with Crippen molar-refractivity contribution >= 4 is 87.2 Å². The molecule has 4 heterocycles. The van der Waals surface area contributed by atoms with Gasteiger partial charge < -0.3 is 13.4 Å². The number of hydrogen-bond acceptors (Lipinski definition) is 4. The number of benzene rings is 10. The molecule has 0 spiro atoms. The maximum atomic E-state index is 6.14. The van der Waals surface area contributed by atoms with Gasteiger partial charge in [-0.25, -0.2) is 4.98 Å². The molecule has 0 bridgehead atoms. The van der Waals surface area contributed by atoms with Crippen molar-refractivity contribution in [1.82, 2.24) is 9.55 Å². The maximum absolute atomic E-state index is 6.14. The molecule has 0 aliphatic carbocycles. The smallest absolute Gasteiger partial charge is 0.135 e. The molecule has 0 N–H and O–H groups in total. The van der Waals surface area contributed by atoms with E-state index in [9.17, 15) is 0 Å². The Hall–Kier alpha value is -8.51. The van der Waals surface area contributed by atoms with Gasteiger partial charge in [-0.2, -0.15) is 0 Å². The van der Waals surface area contributed by atoms with E-state index in [1.54, 1.807) is 11.3 Å². The first-order chi connectivity index (χ1) is 32.7. The summed E-state index contributed by atoms with van der Waals surface area (Å²) in [7, 11) is 0. The molecule has 0 amide bonds. The molecule has 66 heavy (non-hydrogen) atoms. The number of fused-ring (bicyclic) bond motifs is 10. The standard InChI is InChI=1S/C61H36N2O2S/c1-2-10-44(11-3-1)63-53-15-7-4-12-47(53)50-36-43(26-31-54(50)63)61-62-59-45(39-22-18-37(19-23-39)41-27-32-57-51(34-41)48-13-5-8-16-55(48)64-57)29-30-46(60(59)66-61)40-24-20-38(21-25-40)42-28-33-58-52(35-42)49-14-6-9-17-56(49)65-58/h1-36H. The van der Waals surface area contributed by atoms with Crippen molar-refractivity contribution in [1.29, 1.82) is 0 Å². The monoisotopic (exact) mass is 860 g/mol. The van der Waals surface area contributed by atoms with E-state index < -0.39 is 0 Å². The molecule has 0 fully saturated rings. The van der Waals surface area contributed by atoms with Crippen LogP contribution >= 0.6 is 11.3 Å². The van der Waals surface area contributed by atoms with Crippen LogP contribution in [-0.4, -0.2) is 9.55 Å². The number of thiazole rings is 1.